The van der Waals surface area contributed by atoms with Crippen molar-refractivity contribution in [3.05, 3.63) is 17.7 Å². The van der Waals surface area contributed by atoms with Crippen LogP contribution in [0.5, 0.6) is 0 Å². The molecule has 0 amide bonds. The smallest absolute Gasteiger partial charge is 0.219 e. The summed E-state index contributed by atoms with van der Waals surface area (Å²) in [7, 11) is 0. The van der Waals surface area contributed by atoms with Gasteiger partial charge in [-0.25, -0.2) is 24.9 Å². The first-order chi connectivity index (χ1) is 15.0. The first-order valence-electron chi connectivity index (χ1n) is 9.96. The highest BCUT2D eigenvalue weighted by atomic mass is 35.5. The van der Waals surface area contributed by atoms with Gasteiger partial charge < -0.3 is 19.9 Å². The van der Waals surface area contributed by atoms with Crippen LogP contribution in [0.3, 0.4) is 0 Å². The van der Waals surface area contributed by atoms with Crippen LogP contribution in [0.15, 0.2) is 12.4 Å². The van der Waals surface area contributed by atoms with Gasteiger partial charge in [-0.2, -0.15) is 0 Å². The fourth-order valence-corrected chi connectivity index (χ4v) is 5.04. The lowest BCUT2D eigenvalue weighted by molar-refractivity contribution is 0.122. The van der Waals surface area contributed by atoms with Crippen molar-refractivity contribution in [2.24, 2.45) is 0 Å². The van der Waals surface area contributed by atoms with Gasteiger partial charge in [0.2, 0.25) is 11.2 Å². The number of morpholine rings is 1. The quantitative estimate of drug-likeness (QED) is 0.439. The molecule has 11 nitrogen and oxygen atoms in total. The van der Waals surface area contributed by atoms with E-state index >= 15 is 0 Å². The molecule has 2 N–H and O–H groups in total. The van der Waals surface area contributed by atoms with Crippen LogP contribution in [-0.2, 0) is 16.1 Å². The summed E-state index contributed by atoms with van der Waals surface area (Å²) >= 11 is 5.58. The Morgan fingerprint density at radius 1 is 1.16 bits per heavy atom. The molecule has 0 spiro atoms. The molecule has 2 atom stereocenters. The maximum Gasteiger partial charge on any atom is 0.219 e. The molecule has 2 aliphatic rings. The number of fused-ring (bicyclic) bond motifs is 1. The molecule has 5 heterocycles. The molecule has 0 radical (unpaired) electrons. The second kappa shape index (κ2) is 8.36. The Kier molecular flexibility index (Phi) is 5.56. The molecule has 2 fully saturated rings. The highest BCUT2D eigenvalue weighted by molar-refractivity contribution is 7.88. The van der Waals surface area contributed by atoms with Gasteiger partial charge in [-0.05, 0) is 18.0 Å². The van der Waals surface area contributed by atoms with Gasteiger partial charge in [-0.15, -0.1) is 4.31 Å². The van der Waals surface area contributed by atoms with Crippen LogP contribution < -0.4 is 10.6 Å². The minimum Gasteiger partial charge on any atom is -0.598 e. The van der Waals surface area contributed by atoms with E-state index in [1.165, 1.54) is 0 Å². The van der Waals surface area contributed by atoms with Crippen LogP contribution in [-0.4, -0.2) is 84.0 Å². The molecule has 3 aromatic rings. The second-order valence-corrected chi connectivity index (χ2v) is 9.18. The van der Waals surface area contributed by atoms with E-state index in [1.54, 1.807) is 18.6 Å². The molecule has 0 bridgehead atoms. The van der Waals surface area contributed by atoms with Crippen LogP contribution in [0.25, 0.3) is 22.6 Å². The minimum atomic E-state index is -1.03. The number of hydrogen-bond donors (Lipinski definition) is 1. The number of nitrogen functional groups attached to an aromatic ring is 1. The summed E-state index contributed by atoms with van der Waals surface area (Å²) in [5.41, 5.74) is 7.58. The van der Waals surface area contributed by atoms with Crippen molar-refractivity contribution in [1.82, 2.24) is 33.8 Å². The second-order valence-electron chi connectivity index (χ2n) is 7.48. The van der Waals surface area contributed by atoms with E-state index < -0.39 is 11.4 Å². The molecular formula is C18H22ClN9O2S. The number of nitrogens with zero attached hydrogens (tertiary/aromatic N) is 8. The highest BCUT2D eigenvalue weighted by Crippen LogP contribution is 2.35. The lowest BCUT2D eigenvalue weighted by atomic mass is 10.2. The lowest BCUT2D eigenvalue weighted by Crippen LogP contribution is -2.37. The van der Waals surface area contributed by atoms with Gasteiger partial charge in [0, 0.05) is 43.4 Å². The van der Waals surface area contributed by atoms with E-state index in [4.69, 9.17) is 32.0 Å². The van der Waals surface area contributed by atoms with Gasteiger partial charge in [0.1, 0.15) is 6.26 Å². The molecule has 0 saturated carbocycles. The van der Waals surface area contributed by atoms with E-state index in [0.29, 0.717) is 66.5 Å². The first kappa shape index (κ1) is 20.6. The molecule has 2 saturated heterocycles. The zero-order chi connectivity index (χ0) is 21.5. The Labute approximate surface area is 186 Å². The van der Waals surface area contributed by atoms with Crippen molar-refractivity contribution in [2.45, 2.75) is 12.5 Å². The summed E-state index contributed by atoms with van der Waals surface area (Å²) in [5, 5.41) is 0.346. The van der Waals surface area contributed by atoms with Crippen molar-refractivity contribution in [3.8, 4) is 11.4 Å². The van der Waals surface area contributed by atoms with E-state index in [-0.39, 0.29) is 12.0 Å². The largest absolute Gasteiger partial charge is 0.598 e. The predicted octanol–water partition coefficient (Wildman–Crippen LogP) is 0.896. The molecule has 13 heteroatoms. The van der Waals surface area contributed by atoms with Crippen molar-refractivity contribution in [3.63, 3.8) is 0 Å². The summed E-state index contributed by atoms with van der Waals surface area (Å²) in [5.74, 6) is 1.36. The standard InChI is InChI=1S/C18H22ClN9O2S/c1-31(29)27-3-2-12(10-27)28-16-13(23-17(28)19)15(26-4-6-30-7-5-26)24-14(25-16)11-8-21-18(20)22-9-11/h8-9,12H,2-7,10H2,1H3,(H2,20,21,22)/t12?,31-/m0/s1. The van der Waals surface area contributed by atoms with Crippen molar-refractivity contribution < 1.29 is 9.29 Å². The molecule has 164 valence electrons. The van der Waals surface area contributed by atoms with Crippen LogP contribution in [0.4, 0.5) is 11.8 Å². The van der Waals surface area contributed by atoms with E-state index in [0.717, 1.165) is 13.0 Å². The molecule has 2 aliphatic heterocycles. The minimum absolute atomic E-state index is 0.0179. The molecule has 1 unspecified atom stereocenters. The van der Waals surface area contributed by atoms with Crippen molar-refractivity contribution in [1.29, 1.82) is 0 Å². The number of anilines is 2. The Hall–Kier alpha value is -2.25. The zero-order valence-electron chi connectivity index (χ0n) is 16.9. The summed E-state index contributed by atoms with van der Waals surface area (Å²) in [6, 6.07) is 0.0179. The van der Waals surface area contributed by atoms with E-state index in [2.05, 4.69) is 19.9 Å². The first-order valence-corrected chi connectivity index (χ1v) is 11.8. The Balaban J connectivity index is 1.65. The summed E-state index contributed by atoms with van der Waals surface area (Å²) in [6.45, 7) is 3.95. The zero-order valence-corrected chi connectivity index (χ0v) is 18.5. The number of rotatable bonds is 4. The number of imidazole rings is 1. The third-order valence-electron chi connectivity index (χ3n) is 5.57. The normalized spacial score (nSPS) is 21.1. The summed E-state index contributed by atoms with van der Waals surface area (Å²) < 4.78 is 21.3. The average Bonchev–Trinajstić information content (AvgIpc) is 3.38. The van der Waals surface area contributed by atoms with Crippen LogP contribution in [0, 0.1) is 0 Å². The molecule has 0 aromatic carbocycles. The monoisotopic (exact) mass is 463 g/mol. The summed E-state index contributed by atoms with van der Waals surface area (Å²) in [4.78, 5) is 24.5. The van der Waals surface area contributed by atoms with Crippen LogP contribution >= 0.6 is 11.6 Å². The number of halogens is 1. The van der Waals surface area contributed by atoms with Crippen molar-refractivity contribution in [2.75, 3.05) is 56.3 Å². The van der Waals surface area contributed by atoms with Gasteiger partial charge >= 0.3 is 0 Å². The van der Waals surface area contributed by atoms with Gasteiger partial charge in [0.15, 0.2) is 22.8 Å². The Bertz CT molecular complexity index is 1090. The Morgan fingerprint density at radius 2 is 1.90 bits per heavy atom. The molecular weight excluding hydrogens is 442 g/mol. The number of hydrogen-bond acceptors (Lipinski definition) is 10. The number of ether oxygens (including phenoxy) is 1. The number of nitrogens with two attached hydrogens (primary N) is 1. The molecule has 0 aliphatic carbocycles. The third-order valence-corrected chi connectivity index (χ3v) is 6.90. The lowest BCUT2D eigenvalue weighted by Gasteiger charge is -2.28. The van der Waals surface area contributed by atoms with Gasteiger partial charge in [0.05, 0.1) is 31.4 Å². The predicted molar refractivity (Wildman–Crippen MR) is 118 cm³/mol. The van der Waals surface area contributed by atoms with Crippen LogP contribution in [0.2, 0.25) is 5.28 Å². The maximum absolute atomic E-state index is 11.9. The van der Waals surface area contributed by atoms with Crippen LogP contribution in [0.1, 0.15) is 12.5 Å². The van der Waals surface area contributed by atoms with E-state index in [9.17, 15) is 4.55 Å². The Morgan fingerprint density at radius 3 is 2.58 bits per heavy atom. The molecule has 31 heavy (non-hydrogen) atoms. The summed E-state index contributed by atoms with van der Waals surface area (Å²) in [6.07, 6.45) is 5.70. The fourth-order valence-electron chi connectivity index (χ4n) is 3.99. The third kappa shape index (κ3) is 3.89. The van der Waals surface area contributed by atoms with E-state index in [1.807, 2.05) is 8.87 Å². The SMILES string of the molecule is C[S@+]([O-])N1CCC(n2c(Cl)nc3c(N4CCOCC4)nc(-c4cnc(N)nc4)nc32)C1. The molecule has 5 rings (SSSR count). The van der Waals surface area contributed by atoms with Gasteiger partial charge in [0.25, 0.3) is 0 Å². The van der Waals surface area contributed by atoms with Gasteiger partial charge in [-0.3, -0.25) is 4.57 Å². The highest BCUT2D eigenvalue weighted by Gasteiger charge is 2.33. The fraction of sp³-hybridized carbons (Fsp3) is 0.500. The van der Waals surface area contributed by atoms with Crippen molar-refractivity contribution >= 4 is 45.9 Å². The average molecular weight is 464 g/mol. The molecule has 3 aromatic heterocycles. The number of aromatic nitrogens is 6. The maximum atomic E-state index is 11.9. The van der Waals surface area contributed by atoms with Gasteiger partial charge in [-0.1, -0.05) is 0 Å². The topological polar surface area (TPSA) is 134 Å².